The molecule has 0 saturated carbocycles. The molecule has 1 unspecified atom stereocenters. The Morgan fingerprint density at radius 1 is 1.00 bits per heavy atom. The third-order valence-corrected chi connectivity index (χ3v) is 5.65. The lowest BCUT2D eigenvalue weighted by Gasteiger charge is -2.16. The van der Waals surface area contributed by atoms with Crippen molar-refractivity contribution in [2.24, 2.45) is 0 Å². The van der Waals surface area contributed by atoms with Crippen LogP contribution in [0.1, 0.15) is 27.1 Å². The lowest BCUT2D eigenvalue weighted by Crippen LogP contribution is -1.98. The van der Waals surface area contributed by atoms with Crippen LogP contribution < -0.4 is 0 Å². The molecule has 0 aliphatic heterocycles. The molecule has 0 aromatic heterocycles. The van der Waals surface area contributed by atoms with Gasteiger partial charge in [-0.15, -0.1) is 0 Å². The number of rotatable bonds is 2. The lowest BCUT2D eigenvalue weighted by molar-refractivity contribution is 1.14. The molecule has 0 N–H and O–H groups in total. The summed E-state index contributed by atoms with van der Waals surface area (Å²) in [4.78, 5) is 0.0462. The molecule has 0 amide bonds. The Morgan fingerprint density at radius 3 is 2.32 bits per heavy atom. The average Bonchev–Trinajstić information content (AvgIpc) is 2.36. The summed E-state index contributed by atoms with van der Waals surface area (Å²) in [6, 6.07) is 10.0. The van der Waals surface area contributed by atoms with E-state index < -0.39 is 0 Å². The van der Waals surface area contributed by atoms with Crippen molar-refractivity contribution in [2.45, 2.75) is 18.7 Å². The van der Waals surface area contributed by atoms with Crippen LogP contribution in [-0.4, -0.2) is 0 Å². The summed E-state index contributed by atoms with van der Waals surface area (Å²) < 4.78 is 1.16. The maximum Gasteiger partial charge on any atom is 0.0670 e. The molecule has 2 aromatic carbocycles. The number of alkyl halides is 1. The zero-order chi connectivity index (χ0) is 14.2. The number of aryl methyl sites for hydroxylation is 2. The van der Waals surface area contributed by atoms with Crippen molar-refractivity contribution in [2.75, 3.05) is 0 Å². The van der Waals surface area contributed by atoms with Crippen LogP contribution in [0.3, 0.4) is 0 Å². The molecule has 2 aromatic rings. The third-order valence-electron chi connectivity index (χ3n) is 3.12. The van der Waals surface area contributed by atoms with Crippen LogP contribution in [0.15, 0.2) is 30.3 Å². The van der Waals surface area contributed by atoms with Crippen molar-refractivity contribution >= 4 is 61.7 Å². The molecule has 0 aliphatic carbocycles. The summed E-state index contributed by atoms with van der Waals surface area (Å²) in [6.45, 7) is 4.16. The smallest absolute Gasteiger partial charge is 0.0670 e. The number of halogens is 4. The highest BCUT2D eigenvalue weighted by Crippen LogP contribution is 2.39. The van der Waals surface area contributed by atoms with Gasteiger partial charge in [-0.25, -0.2) is 0 Å². The third kappa shape index (κ3) is 3.46. The van der Waals surface area contributed by atoms with Crippen LogP contribution in [0.4, 0.5) is 0 Å². The molecule has 0 radical (unpaired) electrons. The van der Waals surface area contributed by atoms with Crippen molar-refractivity contribution in [1.82, 2.24) is 0 Å². The number of hydrogen-bond acceptors (Lipinski definition) is 0. The van der Waals surface area contributed by atoms with Gasteiger partial charge in [0.15, 0.2) is 0 Å². The molecule has 1 atom stereocenters. The number of benzene rings is 2. The molecule has 0 saturated heterocycles. The molecule has 100 valence electrons. The monoisotopic (exact) mass is 468 g/mol. The van der Waals surface area contributed by atoms with Crippen LogP contribution in [-0.2, 0) is 0 Å². The Balaban J connectivity index is 2.52. The molecule has 0 aliphatic rings. The van der Waals surface area contributed by atoms with E-state index in [4.69, 9.17) is 23.2 Å². The van der Waals surface area contributed by atoms with Crippen molar-refractivity contribution < 1.29 is 0 Å². The second-order valence-corrected chi connectivity index (χ2v) is 7.41. The molecule has 0 nitrogen and oxygen atoms in total. The van der Waals surface area contributed by atoms with Crippen LogP contribution in [0.2, 0.25) is 10.0 Å². The van der Waals surface area contributed by atoms with Crippen LogP contribution in [0.25, 0.3) is 0 Å². The molecule has 19 heavy (non-hydrogen) atoms. The molecular weight excluding hydrogens is 458 g/mol. The van der Waals surface area contributed by atoms with E-state index in [1.54, 1.807) is 0 Å². The van der Waals surface area contributed by atoms with Crippen molar-refractivity contribution in [3.05, 3.63) is 66.2 Å². The molecule has 0 spiro atoms. The summed E-state index contributed by atoms with van der Waals surface area (Å²) in [5.41, 5.74) is 4.65. The SMILES string of the molecule is Cc1cc(Cl)c(C(Br)c2cc(Cl)ccc2I)cc1C. The van der Waals surface area contributed by atoms with E-state index in [1.807, 2.05) is 24.3 Å². The second kappa shape index (κ2) is 6.33. The number of hydrogen-bond donors (Lipinski definition) is 0. The van der Waals surface area contributed by atoms with Gasteiger partial charge in [-0.05, 0) is 83.0 Å². The van der Waals surface area contributed by atoms with Gasteiger partial charge in [-0.1, -0.05) is 45.2 Å². The zero-order valence-electron chi connectivity index (χ0n) is 10.5. The highest BCUT2D eigenvalue weighted by atomic mass is 127. The minimum absolute atomic E-state index is 0.0462. The molecule has 0 fully saturated rings. The van der Waals surface area contributed by atoms with E-state index >= 15 is 0 Å². The summed E-state index contributed by atoms with van der Waals surface area (Å²) in [5, 5.41) is 1.51. The maximum atomic E-state index is 6.37. The van der Waals surface area contributed by atoms with E-state index in [1.165, 1.54) is 11.1 Å². The minimum Gasteiger partial charge on any atom is -0.0843 e. The fraction of sp³-hybridized carbons (Fsp3) is 0.200. The largest absolute Gasteiger partial charge is 0.0843 e. The first-order valence-electron chi connectivity index (χ1n) is 5.76. The first-order valence-corrected chi connectivity index (χ1v) is 8.51. The fourth-order valence-electron chi connectivity index (χ4n) is 1.87. The summed E-state index contributed by atoms with van der Waals surface area (Å²) >= 11 is 18.5. The molecular formula is C15H12BrCl2I. The van der Waals surface area contributed by atoms with E-state index in [2.05, 4.69) is 58.4 Å². The van der Waals surface area contributed by atoms with E-state index in [9.17, 15) is 0 Å². The van der Waals surface area contributed by atoms with E-state index in [0.29, 0.717) is 0 Å². The van der Waals surface area contributed by atoms with Gasteiger partial charge < -0.3 is 0 Å². The predicted molar refractivity (Wildman–Crippen MR) is 95.9 cm³/mol. The highest BCUT2D eigenvalue weighted by molar-refractivity contribution is 14.1. The first kappa shape index (κ1) is 15.6. The normalized spacial score (nSPS) is 12.5. The average molecular weight is 470 g/mol. The van der Waals surface area contributed by atoms with Crippen molar-refractivity contribution in [1.29, 1.82) is 0 Å². The maximum absolute atomic E-state index is 6.37. The van der Waals surface area contributed by atoms with Gasteiger partial charge in [0.2, 0.25) is 0 Å². The van der Waals surface area contributed by atoms with Crippen LogP contribution in [0, 0.1) is 17.4 Å². The van der Waals surface area contributed by atoms with Crippen LogP contribution >= 0.6 is 61.7 Å². The fourth-order valence-corrected chi connectivity index (χ4v) is 4.35. The highest BCUT2D eigenvalue weighted by Gasteiger charge is 2.17. The molecule has 0 heterocycles. The van der Waals surface area contributed by atoms with Gasteiger partial charge in [0.1, 0.15) is 0 Å². The Bertz CT molecular complexity index is 626. The summed E-state index contributed by atoms with van der Waals surface area (Å²) in [7, 11) is 0. The van der Waals surface area contributed by atoms with Gasteiger partial charge in [0.25, 0.3) is 0 Å². The van der Waals surface area contributed by atoms with E-state index in [-0.39, 0.29) is 4.83 Å². The van der Waals surface area contributed by atoms with Crippen LogP contribution in [0.5, 0.6) is 0 Å². The Hall–Kier alpha value is 0.230. The zero-order valence-corrected chi connectivity index (χ0v) is 15.7. The summed E-state index contributed by atoms with van der Waals surface area (Å²) in [5.74, 6) is 0. The lowest BCUT2D eigenvalue weighted by atomic mass is 10.0. The van der Waals surface area contributed by atoms with Gasteiger partial charge in [0.05, 0.1) is 4.83 Å². The van der Waals surface area contributed by atoms with E-state index in [0.717, 1.165) is 24.7 Å². The predicted octanol–water partition coefficient (Wildman–Crippen LogP) is 6.70. The standard InChI is InChI=1S/C15H12BrCl2I/c1-8-5-11(13(18)6-9(8)2)15(16)12-7-10(17)3-4-14(12)19/h3-7,15H,1-2H3. The van der Waals surface area contributed by atoms with Gasteiger partial charge >= 0.3 is 0 Å². The van der Waals surface area contributed by atoms with Crippen molar-refractivity contribution in [3.63, 3.8) is 0 Å². The van der Waals surface area contributed by atoms with Gasteiger partial charge in [-0.2, -0.15) is 0 Å². The first-order chi connectivity index (χ1) is 8.90. The van der Waals surface area contributed by atoms with Gasteiger partial charge in [-0.3, -0.25) is 0 Å². The molecule has 4 heteroatoms. The summed E-state index contributed by atoms with van der Waals surface area (Å²) in [6.07, 6.45) is 0. The molecule has 0 bridgehead atoms. The van der Waals surface area contributed by atoms with Crippen molar-refractivity contribution in [3.8, 4) is 0 Å². The Kier molecular flexibility index (Phi) is 5.21. The second-order valence-electron chi connectivity index (χ2n) is 4.49. The Morgan fingerprint density at radius 2 is 1.63 bits per heavy atom. The molecule has 2 rings (SSSR count). The minimum atomic E-state index is 0.0462. The quantitative estimate of drug-likeness (QED) is 0.339. The Labute approximate surface area is 145 Å². The topological polar surface area (TPSA) is 0 Å². The van der Waals surface area contributed by atoms with Gasteiger partial charge in [0, 0.05) is 13.6 Å².